The van der Waals surface area contributed by atoms with Gasteiger partial charge in [0, 0.05) is 29.5 Å². The Bertz CT molecular complexity index is 1330. The lowest BCUT2D eigenvalue weighted by atomic mass is 9.70. The summed E-state index contributed by atoms with van der Waals surface area (Å²) in [6, 6.07) is 18.4. The van der Waals surface area contributed by atoms with E-state index in [9.17, 15) is 15.0 Å². The molecule has 5 atom stereocenters. The van der Waals surface area contributed by atoms with Crippen molar-refractivity contribution >= 4 is 21.8 Å². The predicted octanol–water partition coefficient (Wildman–Crippen LogP) is 3.98. The van der Waals surface area contributed by atoms with Crippen molar-refractivity contribution in [2.45, 2.75) is 37.1 Å². The molecule has 1 amide bonds. The summed E-state index contributed by atoms with van der Waals surface area (Å²) in [7, 11) is 2.91. The van der Waals surface area contributed by atoms with Crippen molar-refractivity contribution in [2.24, 2.45) is 5.92 Å². The average molecular weight is 583 g/mol. The fourth-order valence-electron chi connectivity index (χ4n) is 6.24. The van der Waals surface area contributed by atoms with Gasteiger partial charge >= 0.3 is 0 Å². The maximum atomic E-state index is 14.1. The van der Waals surface area contributed by atoms with Gasteiger partial charge in [-0.05, 0) is 37.1 Å². The molecule has 3 aromatic rings. The van der Waals surface area contributed by atoms with Crippen molar-refractivity contribution in [1.29, 1.82) is 0 Å². The number of pyridine rings is 1. The molecule has 0 spiro atoms. The van der Waals surface area contributed by atoms with Crippen molar-refractivity contribution in [1.82, 2.24) is 9.88 Å². The van der Waals surface area contributed by atoms with Crippen LogP contribution in [0.4, 0.5) is 0 Å². The minimum Gasteiger partial charge on any atom is -0.481 e. The lowest BCUT2D eigenvalue weighted by Crippen LogP contribution is -2.52. The van der Waals surface area contributed by atoms with Gasteiger partial charge in [-0.15, -0.1) is 0 Å². The normalized spacial score (nSPS) is 27.3. The van der Waals surface area contributed by atoms with Gasteiger partial charge < -0.3 is 29.3 Å². The van der Waals surface area contributed by atoms with E-state index >= 15 is 0 Å². The summed E-state index contributed by atoms with van der Waals surface area (Å²) < 4.78 is 18.6. The van der Waals surface area contributed by atoms with E-state index in [4.69, 9.17) is 14.2 Å². The van der Waals surface area contributed by atoms with E-state index in [2.05, 4.69) is 20.9 Å². The first-order chi connectivity index (χ1) is 18.3. The molecular weight excluding hydrogens is 552 g/mol. The van der Waals surface area contributed by atoms with Crippen LogP contribution >= 0.6 is 15.9 Å². The molecule has 5 rings (SSSR count). The van der Waals surface area contributed by atoms with Gasteiger partial charge in [0.15, 0.2) is 11.2 Å². The lowest BCUT2D eigenvalue weighted by Gasteiger charge is -2.40. The van der Waals surface area contributed by atoms with Crippen LogP contribution in [0.1, 0.15) is 36.5 Å². The molecule has 1 aromatic heterocycles. The molecule has 0 saturated heterocycles. The Hall–Kier alpha value is -3.14. The van der Waals surface area contributed by atoms with Crippen molar-refractivity contribution < 1.29 is 29.2 Å². The zero-order chi connectivity index (χ0) is 27.2. The number of halogens is 1. The van der Waals surface area contributed by atoms with E-state index in [0.29, 0.717) is 18.7 Å². The van der Waals surface area contributed by atoms with Gasteiger partial charge in [-0.3, -0.25) is 4.79 Å². The first kappa shape index (κ1) is 26.5. The molecule has 0 bridgehead atoms. The fourth-order valence-corrected chi connectivity index (χ4v) is 6.51. The van der Waals surface area contributed by atoms with Gasteiger partial charge in [-0.2, -0.15) is 4.98 Å². The number of methoxy groups -OCH3 is 2. The molecule has 38 heavy (non-hydrogen) atoms. The van der Waals surface area contributed by atoms with Gasteiger partial charge in [0.05, 0.1) is 25.7 Å². The van der Waals surface area contributed by atoms with Crippen molar-refractivity contribution in [3.63, 3.8) is 0 Å². The van der Waals surface area contributed by atoms with Gasteiger partial charge in [0.2, 0.25) is 17.7 Å². The highest BCUT2D eigenvalue weighted by Crippen LogP contribution is 2.70. The van der Waals surface area contributed by atoms with Crippen molar-refractivity contribution in [2.75, 3.05) is 27.3 Å². The molecule has 1 aliphatic carbocycles. The maximum absolute atomic E-state index is 14.1. The lowest BCUT2D eigenvalue weighted by molar-refractivity contribution is -0.157. The number of carbonyl (C=O) groups is 1. The Labute approximate surface area is 230 Å². The SMILES string of the molecule is CCN(CC)C(=O)C1C(O)C2(O)c3c(cc(OC)nc3OC)OC2(c2ccc(Br)cc2)C1c1ccccc1. The van der Waals surface area contributed by atoms with Crippen LogP contribution in [0, 0.1) is 5.92 Å². The van der Waals surface area contributed by atoms with Gasteiger partial charge in [-0.25, -0.2) is 0 Å². The van der Waals surface area contributed by atoms with E-state index < -0.39 is 29.1 Å². The van der Waals surface area contributed by atoms with Crippen LogP contribution in [0.5, 0.6) is 17.5 Å². The second-order valence-electron chi connectivity index (χ2n) is 9.53. The number of benzene rings is 2. The summed E-state index contributed by atoms with van der Waals surface area (Å²) in [6.45, 7) is 4.71. The number of hydrogen-bond acceptors (Lipinski definition) is 7. The Morgan fingerprint density at radius 2 is 1.74 bits per heavy atom. The van der Waals surface area contributed by atoms with E-state index in [-0.39, 0.29) is 29.0 Å². The summed E-state index contributed by atoms with van der Waals surface area (Å²) >= 11 is 3.49. The minimum absolute atomic E-state index is 0.0580. The first-order valence-corrected chi connectivity index (χ1v) is 13.4. The van der Waals surface area contributed by atoms with E-state index in [1.807, 2.05) is 68.4 Å². The Kier molecular flexibility index (Phi) is 6.87. The zero-order valence-corrected chi connectivity index (χ0v) is 23.3. The number of fused-ring (bicyclic) bond motifs is 3. The number of aliphatic hydroxyl groups is 2. The average Bonchev–Trinajstić information content (AvgIpc) is 3.32. The first-order valence-electron chi connectivity index (χ1n) is 12.6. The second kappa shape index (κ2) is 9.87. The quantitative estimate of drug-likeness (QED) is 0.434. The van der Waals surface area contributed by atoms with E-state index in [1.54, 1.807) is 11.0 Å². The van der Waals surface area contributed by atoms with Crippen LogP contribution in [0.3, 0.4) is 0 Å². The molecule has 2 aromatic carbocycles. The topological polar surface area (TPSA) is 101 Å². The summed E-state index contributed by atoms with van der Waals surface area (Å²) in [5.41, 5.74) is -2.14. The number of amides is 1. The van der Waals surface area contributed by atoms with Gasteiger partial charge in [0.25, 0.3) is 0 Å². The third-order valence-electron chi connectivity index (χ3n) is 7.90. The van der Waals surface area contributed by atoms with Crippen LogP contribution in [0.15, 0.2) is 65.1 Å². The van der Waals surface area contributed by atoms with E-state index in [0.717, 1.165) is 10.0 Å². The predicted molar refractivity (Wildman–Crippen MR) is 144 cm³/mol. The van der Waals surface area contributed by atoms with Crippen LogP contribution in [-0.2, 0) is 16.0 Å². The highest BCUT2D eigenvalue weighted by Gasteiger charge is 2.78. The van der Waals surface area contributed by atoms with Crippen LogP contribution in [-0.4, -0.2) is 59.4 Å². The maximum Gasteiger partial charge on any atom is 0.229 e. The number of hydrogen-bond donors (Lipinski definition) is 2. The van der Waals surface area contributed by atoms with Gasteiger partial charge in [0.1, 0.15) is 11.9 Å². The highest BCUT2D eigenvalue weighted by atomic mass is 79.9. The monoisotopic (exact) mass is 582 g/mol. The van der Waals surface area contributed by atoms with Crippen LogP contribution in [0.2, 0.25) is 0 Å². The molecule has 2 aliphatic rings. The number of aromatic nitrogens is 1. The number of ether oxygens (including phenoxy) is 3. The molecule has 8 nitrogen and oxygen atoms in total. The standard InChI is InChI=1S/C29H31BrN2O6/c1-5-32(6-2)27(34)22-23(17-10-8-7-9-11-17)29(18-12-14-19(30)15-13-18)28(35,25(22)33)24-20(38-29)16-21(36-3)31-26(24)37-4/h7-16,22-23,25,33,35H,5-6H2,1-4H3. The number of rotatable bonds is 7. The number of nitrogens with zero attached hydrogens (tertiary/aromatic N) is 2. The Balaban J connectivity index is 1.88. The largest absolute Gasteiger partial charge is 0.481 e. The Morgan fingerprint density at radius 1 is 1.08 bits per heavy atom. The van der Waals surface area contributed by atoms with E-state index in [1.165, 1.54) is 14.2 Å². The molecule has 1 fully saturated rings. The molecule has 2 heterocycles. The minimum atomic E-state index is -2.09. The third kappa shape index (κ3) is 3.56. The summed E-state index contributed by atoms with van der Waals surface area (Å²) in [6.07, 6.45) is -1.55. The van der Waals surface area contributed by atoms with Gasteiger partial charge in [-0.1, -0.05) is 58.4 Å². The summed E-state index contributed by atoms with van der Waals surface area (Å²) in [5, 5.41) is 25.0. The molecule has 0 radical (unpaired) electrons. The number of carbonyl (C=O) groups excluding carboxylic acids is 1. The molecule has 1 aliphatic heterocycles. The zero-order valence-electron chi connectivity index (χ0n) is 21.7. The smallest absolute Gasteiger partial charge is 0.229 e. The van der Waals surface area contributed by atoms with Crippen LogP contribution < -0.4 is 14.2 Å². The fraction of sp³-hybridized carbons (Fsp3) is 0.379. The van der Waals surface area contributed by atoms with Crippen molar-refractivity contribution in [3.05, 3.63) is 81.8 Å². The highest BCUT2D eigenvalue weighted by molar-refractivity contribution is 9.10. The van der Waals surface area contributed by atoms with Crippen molar-refractivity contribution in [3.8, 4) is 17.5 Å². The third-order valence-corrected chi connectivity index (χ3v) is 8.43. The molecule has 2 N–H and O–H groups in total. The molecule has 200 valence electrons. The number of aliphatic hydroxyl groups excluding tert-OH is 1. The Morgan fingerprint density at radius 3 is 2.32 bits per heavy atom. The molecule has 5 unspecified atom stereocenters. The summed E-state index contributed by atoms with van der Waals surface area (Å²) in [5.74, 6) is -1.49. The second-order valence-corrected chi connectivity index (χ2v) is 10.4. The molecule has 1 saturated carbocycles. The molecular formula is C29H31BrN2O6. The van der Waals surface area contributed by atoms with Crippen LogP contribution in [0.25, 0.3) is 0 Å². The summed E-state index contributed by atoms with van der Waals surface area (Å²) in [4.78, 5) is 20.2. The molecule has 9 heteroatoms.